The Labute approximate surface area is 305 Å². The summed E-state index contributed by atoms with van der Waals surface area (Å²) >= 11 is 1.54. The zero-order chi connectivity index (χ0) is 37.4. The predicted octanol–water partition coefficient (Wildman–Crippen LogP) is 9.92. The van der Waals surface area contributed by atoms with E-state index in [1.807, 2.05) is 18.3 Å². The molecule has 6 unspecified atom stereocenters. The monoisotopic (exact) mass is 746 g/mol. The maximum Gasteiger partial charge on any atom is 0.412 e. The molecule has 4 saturated carbocycles. The van der Waals surface area contributed by atoms with Crippen LogP contribution in [0.1, 0.15) is 101 Å². The number of nitrogens with one attached hydrogen (secondary N) is 1. The van der Waals surface area contributed by atoms with E-state index < -0.39 is 64.6 Å². The third-order valence-electron chi connectivity index (χ3n) is 11.9. The van der Waals surface area contributed by atoms with Crippen molar-refractivity contribution in [3.05, 3.63) is 92.8 Å². The van der Waals surface area contributed by atoms with Crippen molar-refractivity contribution in [2.75, 3.05) is 5.32 Å². The number of amides is 1. The van der Waals surface area contributed by atoms with Crippen LogP contribution in [0.2, 0.25) is 0 Å². The van der Waals surface area contributed by atoms with Gasteiger partial charge in [0.15, 0.2) is 23.3 Å². The number of anilines is 1. The number of fused-ring (bicyclic) bond motifs is 1. The number of thiazole rings is 1. The molecule has 6 atom stereocenters. The van der Waals surface area contributed by atoms with Crippen LogP contribution >= 0.6 is 11.3 Å². The maximum absolute atomic E-state index is 14.4. The first-order valence-electron chi connectivity index (χ1n) is 18.3. The molecule has 282 valence electrons. The summed E-state index contributed by atoms with van der Waals surface area (Å²) in [4.78, 5) is 18.9. The highest BCUT2D eigenvalue weighted by Gasteiger charge is 2.55. The van der Waals surface area contributed by atoms with E-state index in [2.05, 4.69) is 31.5 Å². The maximum atomic E-state index is 14.4. The lowest BCUT2D eigenvalue weighted by Crippen LogP contribution is -2.33. The van der Waals surface area contributed by atoms with E-state index in [0.717, 1.165) is 66.8 Å². The zero-order valence-electron chi connectivity index (χ0n) is 29.6. The summed E-state index contributed by atoms with van der Waals surface area (Å²) in [6.45, 7) is 8.48. The van der Waals surface area contributed by atoms with Crippen LogP contribution < -0.4 is 5.32 Å². The number of hydrogen-bond acceptors (Lipinski definition) is 6. The molecule has 1 heterocycles. The van der Waals surface area contributed by atoms with Crippen molar-refractivity contribution in [1.82, 2.24) is 4.98 Å². The molecule has 3 N–H and O–H groups in total. The van der Waals surface area contributed by atoms with Gasteiger partial charge in [0.25, 0.3) is 0 Å². The van der Waals surface area contributed by atoms with Gasteiger partial charge in [-0.05, 0) is 105 Å². The van der Waals surface area contributed by atoms with E-state index in [4.69, 9.17) is 4.74 Å². The molecule has 12 heteroatoms. The minimum absolute atomic E-state index is 0.0236. The molecule has 2 aromatic rings. The molecule has 0 aliphatic heterocycles. The van der Waals surface area contributed by atoms with Crippen molar-refractivity contribution in [3.8, 4) is 0 Å². The van der Waals surface area contributed by atoms with Crippen LogP contribution in [0.5, 0.6) is 0 Å². The Hall–Kier alpha value is -3.35. The van der Waals surface area contributed by atoms with Gasteiger partial charge in [-0.15, -0.1) is 11.3 Å². The lowest BCUT2D eigenvalue weighted by molar-refractivity contribution is 0.0862. The Kier molecular flexibility index (Phi) is 11.5. The topological polar surface area (TPSA) is 91.7 Å². The number of halogens is 5. The van der Waals surface area contributed by atoms with Crippen LogP contribution in [-0.2, 0) is 16.6 Å². The number of allylic oxidation sites excluding steroid dienone is 4. The van der Waals surface area contributed by atoms with Gasteiger partial charge in [-0.1, -0.05) is 50.6 Å². The second-order valence-corrected chi connectivity index (χ2v) is 16.3. The van der Waals surface area contributed by atoms with Gasteiger partial charge >= 0.3 is 6.09 Å². The smallest absolute Gasteiger partial charge is 0.412 e. The van der Waals surface area contributed by atoms with Crippen molar-refractivity contribution in [3.63, 3.8) is 0 Å². The van der Waals surface area contributed by atoms with Gasteiger partial charge in [-0.25, -0.2) is 31.7 Å². The number of carbonyl (C=O) groups is 1. The fraction of sp³-hybridized carbons (Fsp3) is 0.550. The number of benzene rings is 1. The first-order valence-corrected chi connectivity index (χ1v) is 19.2. The third kappa shape index (κ3) is 7.53. The van der Waals surface area contributed by atoms with Gasteiger partial charge in [0, 0.05) is 17.5 Å². The highest BCUT2D eigenvalue weighted by atomic mass is 32.1. The largest absolute Gasteiger partial charge is 0.441 e. The molecule has 1 aromatic carbocycles. The second-order valence-electron chi connectivity index (χ2n) is 15.2. The molecular formula is C40H47F5N2O4S. The molecular weight excluding hydrogens is 700 g/mol. The van der Waals surface area contributed by atoms with Crippen LogP contribution in [0.4, 0.5) is 32.4 Å². The highest BCUT2D eigenvalue weighted by Crippen LogP contribution is 2.59. The Bertz CT molecular complexity index is 1760. The van der Waals surface area contributed by atoms with Crippen molar-refractivity contribution in [2.24, 2.45) is 17.3 Å². The lowest BCUT2D eigenvalue weighted by atomic mass is 9.63. The number of aryl methyl sites for hydroxylation is 1. The minimum atomic E-state index is -2.32. The van der Waals surface area contributed by atoms with E-state index in [-0.39, 0.29) is 5.41 Å². The number of hydrogen-bond donors (Lipinski definition) is 3. The first kappa shape index (κ1) is 38.4. The van der Waals surface area contributed by atoms with E-state index in [9.17, 15) is 37.0 Å². The molecule has 6 rings (SSSR count). The summed E-state index contributed by atoms with van der Waals surface area (Å²) in [7, 11) is 0. The number of aliphatic hydroxyl groups is 2. The van der Waals surface area contributed by atoms with Gasteiger partial charge in [-0.3, -0.25) is 5.32 Å². The average Bonchev–Trinajstić information content (AvgIpc) is 3.66. The molecule has 52 heavy (non-hydrogen) atoms. The third-order valence-corrected chi connectivity index (χ3v) is 13.2. The van der Waals surface area contributed by atoms with Crippen molar-refractivity contribution >= 4 is 23.1 Å². The molecule has 1 aromatic heterocycles. The number of aromatic nitrogens is 1. The van der Waals surface area contributed by atoms with Crippen LogP contribution in [0.3, 0.4) is 0 Å². The van der Waals surface area contributed by atoms with E-state index in [1.165, 1.54) is 16.9 Å². The van der Waals surface area contributed by atoms with Crippen molar-refractivity contribution < 1.29 is 41.7 Å². The molecule has 0 spiro atoms. The van der Waals surface area contributed by atoms with E-state index >= 15 is 0 Å². The number of aliphatic hydroxyl groups excluding tert-OH is 2. The standard InChI is InChI=1S/C40H47F5N2O4S/c1-4-5-10-27-21-46-37(52-27)40(17-18-40)30(51-38(50)47-36-34(44)32(42)31(41)33(43)35(36)45)11-6-9-25-14-15-28-23(8-7-16-39(25,28)3)12-13-24-19-26(48)20-29(49)22(24)2/h6,11-13,21,25-26,28-30,48-49H,2,4-5,7-10,14-20H2,1,3H3,(H,47,50)/b11-6+,23-12+,24-13-. The number of rotatable bonds is 11. The molecule has 0 saturated heterocycles. The van der Waals surface area contributed by atoms with Gasteiger partial charge in [0.1, 0.15) is 16.8 Å². The quantitative estimate of drug-likeness (QED) is 0.0922. The number of unbranched alkanes of at least 4 members (excludes halogenated alkanes) is 1. The number of nitrogens with zero attached hydrogens (tertiary/aromatic N) is 1. The molecule has 0 bridgehead atoms. The zero-order valence-corrected chi connectivity index (χ0v) is 30.4. The molecule has 6 nitrogen and oxygen atoms in total. The summed E-state index contributed by atoms with van der Waals surface area (Å²) in [6, 6.07) is 0. The molecule has 0 radical (unpaired) electrons. The van der Waals surface area contributed by atoms with Crippen LogP contribution in [0.15, 0.2) is 53.8 Å². The SMILES string of the molecule is C=C1/C(=C\C=C2/CCCC3(C)C(C/C=C/C(OC(=O)Nc4c(F)c(F)c(F)c(F)c4F)C4(c5ncc(CCCC)s5)CC4)CCC23)CC(O)CC1O. The summed E-state index contributed by atoms with van der Waals surface area (Å²) < 4.78 is 76.1. The number of carbonyl (C=O) groups excluding carboxylic acids is 1. The Morgan fingerprint density at radius 1 is 1.10 bits per heavy atom. The normalized spacial score (nSPS) is 29.1. The van der Waals surface area contributed by atoms with Gasteiger partial charge in [0.2, 0.25) is 5.82 Å². The van der Waals surface area contributed by atoms with Crippen LogP contribution in [-0.4, -0.2) is 39.6 Å². The Morgan fingerprint density at radius 2 is 1.81 bits per heavy atom. The van der Waals surface area contributed by atoms with Gasteiger partial charge in [0.05, 0.1) is 17.6 Å². The fourth-order valence-electron chi connectivity index (χ4n) is 8.62. The van der Waals surface area contributed by atoms with E-state index in [0.29, 0.717) is 49.5 Å². The molecule has 4 aliphatic carbocycles. The van der Waals surface area contributed by atoms with Crippen molar-refractivity contribution in [2.45, 2.75) is 121 Å². The van der Waals surface area contributed by atoms with E-state index in [1.54, 1.807) is 11.4 Å². The van der Waals surface area contributed by atoms with Crippen LogP contribution in [0, 0.1) is 46.3 Å². The number of ether oxygens (including phenoxy) is 1. The Morgan fingerprint density at radius 3 is 2.50 bits per heavy atom. The second kappa shape index (κ2) is 15.6. The predicted molar refractivity (Wildman–Crippen MR) is 190 cm³/mol. The van der Waals surface area contributed by atoms with Gasteiger partial charge < -0.3 is 14.9 Å². The average molecular weight is 747 g/mol. The first-order chi connectivity index (χ1) is 24.8. The molecule has 1 amide bonds. The van der Waals surface area contributed by atoms with Crippen LogP contribution in [0.25, 0.3) is 0 Å². The molecule has 4 aliphatic rings. The Balaban J connectivity index is 1.21. The summed E-state index contributed by atoms with van der Waals surface area (Å²) in [5.74, 6) is -10.2. The summed E-state index contributed by atoms with van der Waals surface area (Å²) in [6.07, 6.45) is 17.0. The summed E-state index contributed by atoms with van der Waals surface area (Å²) in [5.41, 5.74) is 0.796. The minimum Gasteiger partial charge on any atom is -0.441 e. The summed E-state index contributed by atoms with van der Waals surface area (Å²) in [5, 5.41) is 23.0. The fourth-order valence-corrected chi connectivity index (χ4v) is 9.85. The van der Waals surface area contributed by atoms with Crippen molar-refractivity contribution in [1.29, 1.82) is 0 Å². The van der Waals surface area contributed by atoms with Gasteiger partial charge in [-0.2, -0.15) is 0 Å². The lowest BCUT2D eigenvalue weighted by Gasteiger charge is -2.42. The molecule has 4 fully saturated rings. The highest BCUT2D eigenvalue weighted by molar-refractivity contribution is 7.11.